The second-order valence-electron chi connectivity index (χ2n) is 15.8. The number of β-lactam (4-membered cyclic amide) rings is 2. The number of nitrogens with one attached hydrogen (secondary N) is 4. The van der Waals surface area contributed by atoms with Crippen LogP contribution in [0, 0.1) is 0 Å². The zero-order valence-electron chi connectivity index (χ0n) is 32.7. The molecule has 2 aromatic carbocycles. The minimum atomic E-state index is -1.36. The van der Waals surface area contributed by atoms with Crippen molar-refractivity contribution in [2.24, 2.45) is 0 Å². The van der Waals surface area contributed by atoms with Crippen molar-refractivity contribution in [2.45, 2.75) is 91.1 Å². The Labute approximate surface area is 347 Å². The molecule has 2 aromatic rings. The van der Waals surface area contributed by atoms with Crippen LogP contribution in [0.2, 0.25) is 0 Å². The fraction of sp³-hybridized carbons (Fsp3) is 0.462. The van der Waals surface area contributed by atoms with Gasteiger partial charge in [-0.15, -0.1) is 23.5 Å². The summed E-state index contributed by atoms with van der Waals surface area (Å²) < 4.78 is -1.74. The average molecular weight is 849 g/mol. The van der Waals surface area contributed by atoms with Crippen LogP contribution >= 0.6 is 23.5 Å². The second kappa shape index (κ2) is 15.5. The van der Waals surface area contributed by atoms with Crippen LogP contribution in [0.5, 0.6) is 0 Å². The third kappa shape index (κ3) is 7.25. The summed E-state index contributed by atoms with van der Waals surface area (Å²) in [5.74, 6) is -6.25. The van der Waals surface area contributed by atoms with Gasteiger partial charge in [0.15, 0.2) is 0 Å². The van der Waals surface area contributed by atoms with Gasteiger partial charge in [-0.1, -0.05) is 60.7 Å². The van der Waals surface area contributed by atoms with E-state index in [0.717, 1.165) is 4.90 Å². The van der Waals surface area contributed by atoms with E-state index < -0.39 is 110 Å². The van der Waals surface area contributed by atoms with Crippen molar-refractivity contribution in [1.29, 1.82) is 0 Å². The van der Waals surface area contributed by atoms with E-state index in [4.69, 9.17) is 0 Å². The molecule has 0 spiro atoms. The maximum Gasteiger partial charge on any atom is 0.327 e. The summed E-state index contributed by atoms with van der Waals surface area (Å²) in [6, 6.07) is 8.61. The highest BCUT2D eigenvalue weighted by Gasteiger charge is 2.66. The molecular formula is C39H44N8O10S2. The van der Waals surface area contributed by atoms with Gasteiger partial charge in [0.25, 0.3) is 0 Å². The molecule has 5 aliphatic heterocycles. The van der Waals surface area contributed by atoms with Gasteiger partial charge in [-0.05, 0) is 45.7 Å². The molecule has 0 radical (unpaired) electrons. The van der Waals surface area contributed by atoms with Crippen molar-refractivity contribution < 1.29 is 48.3 Å². The zero-order chi connectivity index (χ0) is 42.7. The van der Waals surface area contributed by atoms with Gasteiger partial charge in [-0.3, -0.25) is 38.5 Å². The van der Waals surface area contributed by atoms with Crippen LogP contribution in [0.1, 0.15) is 57.8 Å². The first-order valence-electron chi connectivity index (χ1n) is 19.0. The van der Waals surface area contributed by atoms with Gasteiger partial charge in [0.2, 0.25) is 29.5 Å². The van der Waals surface area contributed by atoms with Gasteiger partial charge >= 0.3 is 23.8 Å². The van der Waals surface area contributed by atoms with Gasteiger partial charge in [-0.25, -0.2) is 9.59 Å². The molecular weight excluding hydrogens is 805 g/mol. The van der Waals surface area contributed by atoms with E-state index in [1.54, 1.807) is 95.3 Å². The van der Waals surface area contributed by atoms with Crippen molar-refractivity contribution in [1.82, 2.24) is 40.9 Å². The standard InChI is InChI=1S/C39H44N8O10S2/c1-6-44-17-18-45(33(54)32(44)53)37(57)43-22(20-15-11-8-12-16-20)28(49)42-23-30(51)46-25(38(2,3)58-34(23)46)29(50)40-21(19-13-9-7-10-14-19)27(48)41-24-31(52)47-26(36(55)56)39(4,5)59-35(24)47/h7-16,21-26,34-35H,6,17-18H2,1-5H3,(H,40,50)(H,41,48)(H,42,49)(H,43,57)(H,55,56). The highest BCUT2D eigenvalue weighted by molar-refractivity contribution is 8.02. The smallest absolute Gasteiger partial charge is 0.327 e. The van der Waals surface area contributed by atoms with Crippen molar-refractivity contribution in [2.75, 3.05) is 19.6 Å². The van der Waals surface area contributed by atoms with E-state index in [9.17, 15) is 48.3 Å². The van der Waals surface area contributed by atoms with Crippen LogP contribution < -0.4 is 21.3 Å². The fourth-order valence-corrected chi connectivity index (χ4v) is 11.5. The number of urea groups is 1. The van der Waals surface area contributed by atoms with Gasteiger partial charge in [0.05, 0.1) is 0 Å². The highest BCUT2D eigenvalue weighted by Crippen LogP contribution is 2.52. The van der Waals surface area contributed by atoms with E-state index in [0.29, 0.717) is 17.7 Å². The summed E-state index contributed by atoms with van der Waals surface area (Å²) in [6.07, 6.45) is 0. The summed E-state index contributed by atoms with van der Waals surface area (Å²) in [6.45, 7) is 9.02. The maximum atomic E-state index is 14.2. The number of likely N-dealkylation sites (N-methyl/N-ethyl adjacent to an activating group) is 1. The molecule has 8 unspecified atom stereocenters. The number of rotatable bonds is 11. The molecule has 0 aromatic heterocycles. The van der Waals surface area contributed by atoms with E-state index in [1.165, 1.54) is 38.2 Å². The first kappa shape index (κ1) is 41.5. The van der Waals surface area contributed by atoms with Crippen LogP contribution in [0.25, 0.3) is 0 Å². The van der Waals surface area contributed by atoms with Crippen molar-refractivity contribution in [3.05, 3.63) is 71.8 Å². The molecule has 18 nitrogen and oxygen atoms in total. The van der Waals surface area contributed by atoms with Crippen molar-refractivity contribution >= 4 is 76.9 Å². The van der Waals surface area contributed by atoms with Gasteiger partial charge in [0.1, 0.15) is 47.0 Å². The number of benzene rings is 2. The first-order valence-corrected chi connectivity index (χ1v) is 20.8. The fourth-order valence-electron chi connectivity index (χ4n) is 8.27. The van der Waals surface area contributed by atoms with E-state index in [-0.39, 0.29) is 13.1 Å². The van der Waals surface area contributed by atoms with Crippen LogP contribution in [0.4, 0.5) is 4.79 Å². The number of carboxylic acid groups (broad SMARTS) is 1. The van der Waals surface area contributed by atoms with Crippen molar-refractivity contribution in [3.8, 4) is 0 Å². The Hall–Kier alpha value is -5.63. The molecule has 5 aliphatic rings. The minimum absolute atomic E-state index is 0.0735. The third-order valence-electron chi connectivity index (χ3n) is 11.2. The Bertz CT molecular complexity index is 2120. The Morgan fingerprint density at radius 3 is 1.63 bits per heavy atom. The van der Waals surface area contributed by atoms with E-state index >= 15 is 0 Å². The number of fused-ring (bicyclic) bond motifs is 2. The minimum Gasteiger partial charge on any atom is -0.480 e. The molecule has 0 bridgehead atoms. The largest absolute Gasteiger partial charge is 0.480 e. The molecule has 312 valence electrons. The number of imide groups is 1. The number of amides is 9. The van der Waals surface area contributed by atoms with E-state index in [1.807, 2.05) is 0 Å². The summed E-state index contributed by atoms with van der Waals surface area (Å²) in [5, 5.41) is 19.3. The highest BCUT2D eigenvalue weighted by atomic mass is 32.2. The molecule has 5 saturated heterocycles. The number of aliphatic carboxylic acids is 1. The number of hydrogen-bond donors (Lipinski definition) is 5. The van der Waals surface area contributed by atoms with Gasteiger partial charge in [-0.2, -0.15) is 0 Å². The number of carbonyl (C=O) groups excluding carboxylic acids is 8. The SMILES string of the molecule is CCN1CCN(C(=O)NC(C(=O)NC2C(=O)N3C2SC(C)(C)C3C(=O)NC(C(=O)NC2C(=O)N3C2SC(C)(C)C3C(=O)O)c2ccccc2)c2ccccc2)C(=O)C1=O. The van der Waals surface area contributed by atoms with Crippen LogP contribution in [-0.4, -0.2) is 142 Å². The molecule has 0 saturated carbocycles. The number of piperazine rings is 1. The lowest BCUT2D eigenvalue weighted by Crippen LogP contribution is -2.72. The monoisotopic (exact) mass is 848 g/mol. The van der Waals surface area contributed by atoms with E-state index in [2.05, 4.69) is 21.3 Å². The summed E-state index contributed by atoms with van der Waals surface area (Å²) >= 11 is 2.54. The first-order chi connectivity index (χ1) is 27.9. The molecule has 5 heterocycles. The Morgan fingerprint density at radius 2 is 1.15 bits per heavy atom. The topological polar surface area (TPSA) is 235 Å². The Morgan fingerprint density at radius 1 is 0.695 bits per heavy atom. The Kier molecular flexibility index (Phi) is 10.9. The predicted molar refractivity (Wildman–Crippen MR) is 213 cm³/mol. The summed E-state index contributed by atoms with van der Waals surface area (Å²) in [4.78, 5) is 124. The molecule has 5 fully saturated rings. The molecule has 5 N–H and O–H groups in total. The molecule has 7 rings (SSSR count). The summed E-state index contributed by atoms with van der Waals surface area (Å²) in [7, 11) is 0. The zero-order valence-corrected chi connectivity index (χ0v) is 34.4. The molecule has 9 amide bonds. The number of nitrogens with zero attached hydrogens (tertiary/aromatic N) is 4. The average Bonchev–Trinajstić information content (AvgIpc) is 3.62. The van der Waals surface area contributed by atoms with Crippen LogP contribution in [0.15, 0.2) is 60.7 Å². The molecule has 0 aliphatic carbocycles. The lowest BCUT2D eigenvalue weighted by Gasteiger charge is -2.45. The normalized spacial score (nSPS) is 27.4. The van der Waals surface area contributed by atoms with Crippen LogP contribution in [-0.2, 0) is 38.4 Å². The second-order valence-corrected chi connectivity index (χ2v) is 19.4. The predicted octanol–water partition coefficient (Wildman–Crippen LogP) is 0.164. The quantitative estimate of drug-likeness (QED) is 0.150. The number of thioether (sulfide) groups is 2. The number of carboxylic acids is 1. The lowest BCUT2D eigenvalue weighted by atomic mass is 9.93. The number of hydrogen-bond acceptors (Lipinski definition) is 11. The van der Waals surface area contributed by atoms with Crippen LogP contribution in [0.3, 0.4) is 0 Å². The molecule has 20 heteroatoms. The van der Waals surface area contributed by atoms with Gasteiger partial charge in [0, 0.05) is 29.1 Å². The maximum absolute atomic E-state index is 14.2. The molecule has 59 heavy (non-hydrogen) atoms. The third-order valence-corrected chi connectivity index (χ3v) is 14.4. The lowest BCUT2D eigenvalue weighted by molar-refractivity contribution is -0.161. The molecule has 8 atom stereocenters. The van der Waals surface area contributed by atoms with Crippen molar-refractivity contribution in [3.63, 3.8) is 0 Å². The Balaban J connectivity index is 1.05. The number of carbonyl (C=O) groups is 9. The van der Waals surface area contributed by atoms with Gasteiger partial charge < -0.3 is 41.1 Å². The summed E-state index contributed by atoms with van der Waals surface area (Å²) in [5.41, 5.74) is 0.750.